The van der Waals surface area contributed by atoms with Crippen LogP contribution in [0.2, 0.25) is 0 Å². The van der Waals surface area contributed by atoms with E-state index in [-0.39, 0.29) is 12.3 Å². The van der Waals surface area contributed by atoms with Gasteiger partial charge < -0.3 is 5.11 Å². The number of rotatable bonds is 10. The first-order valence-corrected chi connectivity index (χ1v) is 9.39. The molecule has 0 saturated heterocycles. The minimum Gasteiger partial charge on any atom is -0.481 e. The molecule has 0 aromatic heterocycles. The molecule has 0 radical (unpaired) electrons. The largest absolute Gasteiger partial charge is 0.481 e. The zero-order chi connectivity index (χ0) is 18.1. The maximum atomic E-state index is 11.5. The van der Waals surface area contributed by atoms with Crippen molar-refractivity contribution in [3.8, 4) is 0 Å². The van der Waals surface area contributed by atoms with Gasteiger partial charge in [0, 0.05) is 6.42 Å². The summed E-state index contributed by atoms with van der Waals surface area (Å²) in [4.78, 5) is 11.5. The highest BCUT2D eigenvalue weighted by molar-refractivity contribution is 5.67. The van der Waals surface area contributed by atoms with E-state index in [1.165, 1.54) is 11.1 Å². The zero-order valence-corrected chi connectivity index (χ0v) is 15.4. The van der Waals surface area contributed by atoms with Crippen LogP contribution in [-0.4, -0.2) is 11.1 Å². The van der Waals surface area contributed by atoms with Crippen molar-refractivity contribution in [2.75, 3.05) is 0 Å². The summed E-state index contributed by atoms with van der Waals surface area (Å²) in [7, 11) is 0. The van der Waals surface area contributed by atoms with E-state index in [0.29, 0.717) is 11.8 Å². The van der Waals surface area contributed by atoms with Gasteiger partial charge in [0.25, 0.3) is 0 Å². The Morgan fingerprint density at radius 2 is 1.44 bits per heavy atom. The van der Waals surface area contributed by atoms with E-state index in [1.54, 1.807) is 0 Å². The second-order valence-corrected chi connectivity index (χ2v) is 7.17. The van der Waals surface area contributed by atoms with Crippen molar-refractivity contribution in [1.29, 1.82) is 0 Å². The van der Waals surface area contributed by atoms with E-state index in [0.717, 1.165) is 25.7 Å². The first-order valence-electron chi connectivity index (χ1n) is 9.39. The van der Waals surface area contributed by atoms with Gasteiger partial charge in [-0.1, -0.05) is 87.4 Å². The molecule has 3 atom stereocenters. The molecule has 25 heavy (non-hydrogen) atoms. The maximum absolute atomic E-state index is 11.5. The van der Waals surface area contributed by atoms with Crippen LogP contribution < -0.4 is 0 Å². The lowest BCUT2D eigenvalue weighted by atomic mass is 9.73. The van der Waals surface area contributed by atoms with Crippen LogP contribution in [0.25, 0.3) is 0 Å². The van der Waals surface area contributed by atoms with Crippen LogP contribution in [0.5, 0.6) is 0 Å². The molecule has 2 rings (SSSR count). The normalized spacial score (nSPS) is 14.6. The van der Waals surface area contributed by atoms with Crippen LogP contribution >= 0.6 is 0 Å². The molecule has 2 aromatic rings. The van der Waals surface area contributed by atoms with Crippen LogP contribution in [0.4, 0.5) is 0 Å². The van der Waals surface area contributed by atoms with Crippen molar-refractivity contribution in [3.63, 3.8) is 0 Å². The summed E-state index contributed by atoms with van der Waals surface area (Å²) < 4.78 is 0. The van der Waals surface area contributed by atoms with Gasteiger partial charge in [-0.15, -0.1) is 0 Å². The molecule has 0 saturated carbocycles. The maximum Gasteiger partial charge on any atom is 0.303 e. The Hall–Kier alpha value is -2.09. The quantitative estimate of drug-likeness (QED) is 0.611. The summed E-state index contributed by atoms with van der Waals surface area (Å²) >= 11 is 0. The smallest absolute Gasteiger partial charge is 0.303 e. The van der Waals surface area contributed by atoms with E-state index in [9.17, 15) is 9.90 Å². The third-order valence-electron chi connectivity index (χ3n) is 5.14. The van der Waals surface area contributed by atoms with Gasteiger partial charge >= 0.3 is 5.97 Å². The monoisotopic (exact) mass is 338 g/mol. The predicted octanol–water partition coefficient (Wildman–Crippen LogP) is 5.62. The molecule has 0 spiro atoms. The van der Waals surface area contributed by atoms with Crippen molar-refractivity contribution in [2.24, 2.45) is 17.8 Å². The SMILES string of the molecule is CCCC(C(C)Cc1ccccc1)C(CC(=O)O)Cc1ccccc1. The van der Waals surface area contributed by atoms with E-state index in [2.05, 4.69) is 50.2 Å². The van der Waals surface area contributed by atoms with Crippen LogP contribution in [0, 0.1) is 17.8 Å². The zero-order valence-electron chi connectivity index (χ0n) is 15.4. The van der Waals surface area contributed by atoms with Crippen molar-refractivity contribution in [1.82, 2.24) is 0 Å². The van der Waals surface area contributed by atoms with Gasteiger partial charge in [0.15, 0.2) is 0 Å². The number of benzene rings is 2. The molecule has 2 nitrogen and oxygen atoms in total. The highest BCUT2D eigenvalue weighted by Crippen LogP contribution is 2.33. The van der Waals surface area contributed by atoms with Gasteiger partial charge in [-0.25, -0.2) is 0 Å². The standard InChI is InChI=1S/C23H30O2/c1-3-10-22(18(2)15-19-11-6-4-7-12-19)21(17-23(24)25)16-20-13-8-5-9-14-20/h4-9,11-14,18,21-22H,3,10,15-17H2,1-2H3,(H,24,25). The number of hydrogen-bond donors (Lipinski definition) is 1. The Kier molecular flexibility index (Phi) is 7.72. The third kappa shape index (κ3) is 6.38. The molecule has 134 valence electrons. The first-order chi connectivity index (χ1) is 12.1. The number of aliphatic carboxylic acids is 1. The lowest BCUT2D eigenvalue weighted by molar-refractivity contribution is -0.138. The lowest BCUT2D eigenvalue weighted by Gasteiger charge is -2.31. The summed E-state index contributed by atoms with van der Waals surface area (Å²) in [5.74, 6) is 0.379. The second-order valence-electron chi connectivity index (χ2n) is 7.17. The Morgan fingerprint density at radius 3 is 1.92 bits per heavy atom. The predicted molar refractivity (Wildman–Crippen MR) is 104 cm³/mol. The summed E-state index contributed by atoms with van der Waals surface area (Å²) in [5, 5.41) is 9.45. The third-order valence-corrected chi connectivity index (χ3v) is 5.14. The van der Waals surface area contributed by atoms with Gasteiger partial charge in [0.05, 0.1) is 0 Å². The molecule has 0 fully saturated rings. The van der Waals surface area contributed by atoms with Crippen molar-refractivity contribution in [2.45, 2.75) is 46.0 Å². The molecule has 0 aliphatic rings. The highest BCUT2D eigenvalue weighted by atomic mass is 16.4. The summed E-state index contributed by atoms with van der Waals surface area (Å²) in [6.45, 7) is 4.48. The van der Waals surface area contributed by atoms with Crippen LogP contribution in [-0.2, 0) is 17.6 Å². The van der Waals surface area contributed by atoms with E-state index in [4.69, 9.17) is 0 Å². The Labute approximate surface area is 151 Å². The molecule has 0 aliphatic carbocycles. The molecular formula is C23H30O2. The molecule has 1 N–H and O–H groups in total. The summed E-state index contributed by atoms with van der Waals surface area (Å²) in [6, 6.07) is 20.8. The molecule has 2 heteroatoms. The van der Waals surface area contributed by atoms with Crippen LogP contribution in [0.3, 0.4) is 0 Å². The number of hydrogen-bond acceptors (Lipinski definition) is 1. The average molecular weight is 338 g/mol. The molecular weight excluding hydrogens is 308 g/mol. The summed E-state index contributed by atoms with van der Waals surface area (Å²) in [6.07, 6.45) is 4.28. The van der Waals surface area contributed by atoms with Crippen LogP contribution in [0.1, 0.15) is 44.2 Å². The Balaban J connectivity index is 2.16. The van der Waals surface area contributed by atoms with Crippen molar-refractivity contribution >= 4 is 5.97 Å². The fourth-order valence-electron chi connectivity index (χ4n) is 3.97. The fraction of sp³-hybridized carbons (Fsp3) is 0.435. The highest BCUT2D eigenvalue weighted by Gasteiger charge is 2.28. The average Bonchev–Trinajstić information content (AvgIpc) is 2.60. The van der Waals surface area contributed by atoms with E-state index < -0.39 is 5.97 Å². The van der Waals surface area contributed by atoms with Gasteiger partial charge in [-0.3, -0.25) is 4.79 Å². The lowest BCUT2D eigenvalue weighted by Crippen LogP contribution is -2.27. The number of carbonyl (C=O) groups is 1. The van der Waals surface area contributed by atoms with Crippen LogP contribution in [0.15, 0.2) is 60.7 Å². The first kappa shape index (κ1) is 19.2. The Bertz CT molecular complexity index is 621. The molecule has 3 unspecified atom stereocenters. The Morgan fingerprint density at radius 1 is 0.920 bits per heavy atom. The molecule has 0 amide bonds. The topological polar surface area (TPSA) is 37.3 Å². The molecule has 0 bridgehead atoms. The summed E-state index contributed by atoms with van der Waals surface area (Å²) in [5.41, 5.74) is 2.58. The number of carboxylic acids is 1. The minimum absolute atomic E-state index is 0.179. The van der Waals surface area contributed by atoms with Gasteiger partial charge in [0.1, 0.15) is 0 Å². The molecule has 0 heterocycles. The molecule has 0 aliphatic heterocycles. The van der Waals surface area contributed by atoms with Gasteiger partial charge in [-0.2, -0.15) is 0 Å². The van der Waals surface area contributed by atoms with Gasteiger partial charge in [-0.05, 0) is 41.7 Å². The fourth-order valence-corrected chi connectivity index (χ4v) is 3.97. The van der Waals surface area contributed by atoms with E-state index >= 15 is 0 Å². The molecule has 2 aromatic carbocycles. The van der Waals surface area contributed by atoms with Gasteiger partial charge in [0.2, 0.25) is 0 Å². The second kappa shape index (κ2) is 10.0. The van der Waals surface area contributed by atoms with Crippen molar-refractivity contribution in [3.05, 3.63) is 71.8 Å². The van der Waals surface area contributed by atoms with E-state index in [1.807, 2.05) is 24.3 Å². The minimum atomic E-state index is -0.686. The van der Waals surface area contributed by atoms with Crippen molar-refractivity contribution < 1.29 is 9.90 Å². The number of carboxylic acid groups (broad SMARTS) is 1.